The molecule has 0 unspecified atom stereocenters. The number of rotatable bonds is 2. The molecule has 1 aromatic heterocycles. The van der Waals surface area contributed by atoms with Crippen LogP contribution >= 0.6 is 0 Å². The zero-order valence-corrected chi connectivity index (χ0v) is 14.4. The lowest BCUT2D eigenvalue weighted by molar-refractivity contribution is 0.0218. The molecule has 0 atom stereocenters. The van der Waals surface area contributed by atoms with Crippen LogP contribution in [0.25, 0.3) is 0 Å². The fourth-order valence-electron chi connectivity index (χ4n) is 2.46. The molecular formula is C16H26N4O3. The number of aromatic nitrogens is 2. The molecule has 2 heterocycles. The highest BCUT2D eigenvalue weighted by Gasteiger charge is 2.25. The minimum absolute atomic E-state index is 0.185. The van der Waals surface area contributed by atoms with Gasteiger partial charge in [-0.25, -0.2) is 4.79 Å². The summed E-state index contributed by atoms with van der Waals surface area (Å²) < 4.78 is 7.28. The van der Waals surface area contributed by atoms with Gasteiger partial charge in [0, 0.05) is 19.6 Å². The molecule has 23 heavy (non-hydrogen) atoms. The Kier molecular flexibility index (Phi) is 5.28. The average Bonchev–Trinajstić information content (AvgIpc) is 2.79. The van der Waals surface area contributed by atoms with E-state index < -0.39 is 5.60 Å². The summed E-state index contributed by atoms with van der Waals surface area (Å²) in [5, 5.41) is 7.11. The minimum atomic E-state index is -0.522. The quantitative estimate of drug-likeness (QED) is 0.905. The van der Waals surface area contributed by atoms with Crippen molar-refractivity contribution in [1.82, 2.24) is 20.0 Å². The molecule has 7 heteroatoms. The molecule has 1 N–H and O–H groups in total. The van der Waals surface area contributed by atoms with Gasteiger partial charge >= 0.3 is 6.09 Å². The fraction of sp³-hybridized carbons (Fsp3) is 0.688. The summed E-state index contributed by atoms with van der Waals surface area (Å²) in [5.41, 5.74) is 0.732. The second-order valence-corrected chi connectivity index (χ2v) is 6.71. The molecule has 0 spiro atoms. The van der Waals surface area contributed by atoms with Crippen LogP contribution < -0.4 is 5.32 Å². The third-order valence-electron chi connectivity index (χ3n) is 3.49. The smallest absolute Gasteiger partial charge is 0.410 e. The van der Waals surface area contributed by atoms with Crippen molar-refractivity contribution in [2.45, 2.75) is 59.2 Å². The summed E-state index contributed by atoms with van der Waals surface area (Å²) in [7, 11) is 0. The highest BCUT2D eigenvalue weighted by molar-refractivity contribution is 5.92. The van der Waals surface area contributed by atoms with Gasteiger partial charge < -0.3 is 15.0 Å². The molecule has 1 aliphatic heterocycles. The van der Waals surface area contributed by atoms with Gasteiger partial charge in [-0.15, -0.1) is 0 Å². The second kappa shape index (κ2) is 7.02. The highest BCUT2D eigenvalue weighted by atomic mass is 16.6. The van der Waals surface area contributed by atoms with E-state index in [1.165, 1.54) is 0 Å². The summed E-state index contributed by atoms with van der Waals surface area (Å²) in [6.45, 7) is 9.80. The molecule has 0 saturated carbocycles. The van der Waals surface area contributed by atoms with E-state index in [9.17, 15) is 9.59 Å². The molecule has 1 aromatic rings. The normalized spacial score (nSPS) is 15.4. The van der Waals surface area contributed by atoms with Crippen LogP contribution in [-0.2, 0) is 17.8 Å². The van der Waals surface area contributed by atoms with E-state index in [4.69, 9.17) is 4.74 Å². The lowest BCUT2D eigenvalue weighted by Crippen LogP contribution is -2.38. The van der Waals surface area contributed by atoms with Crippen LogP contribution in [0.2, 0.25) is 0 Å². The van der Waals surface area contributed by atoms with Crippen molar-refractivity contribution in [3.63, 3.8) is 0 Å². The topological polar surface area (TPSA) is 76.5 Å². The van der Waals surface area contributed by atoms with E-state index >= 15 is 0 Å². The number of nitrogens with zero attached hydrogens (tertiary/aromatic N) is 3. The van der Waals surface area contributed by atoms with E-state index in [-0.39, 0.29) is 12.0 Å². The molecule has 7 nitrogen and oxygen atoms in total. The van der Waals surface area contributed by atoms with Crippen LogP contribution in [0.4, 0.5) is 4.79 Å². The van der Waals surface area contributed by atoms with Crippen LogP contribution in [0, 0.1) is 0 Å². The number of carbonyl (C=O) groups is 2. The van der Waals surface area contributed by atoms with Gasteiger partial charge in [0.25, 0.3) is 5.91 Å². The third-order valence-corrected chi connectivity index (χ3v) is 3.49. The van der Waals surface area contributed by atoms with Gasteiger partial charge in [0.15, 0.2) is 5.69 Å². The van der Waals surface area contributed by atoms with Gasteiger partial charge in [-0.1, -0.05) is 0 Å². The Hall–Kier alpha value is -2.05. The van der Waals surface area contributed by atoms with Crippen molar-refractivity contribution in [3.8, 4) is 0 Å². The lowest BCUT2D eigenvalue weighted by atomic mass is 10.2. The van der Waals surface area contributed by atoms with E-state index in [1.807, 2.05) is 32.4 Å². The number of nitrogens with one attached hydrogen (secondary N) is 1. The number of ether oxygens (including phenoxy) is 1. The Morgan fingerprint density at radius 2 is 2.00 bits per heavy atom. The molecule has 0 aromatic carbocycles. The molecule has 1 aliphatic rings. The first-order valence-electron chi connectivity index (χ1n) is 8.13. The van der Waals surface area contributed by atoms with Gasteiger partial charge in [0.05, 0.1) is 12.2 Å². The number of fused-ring (bicyclic) bond motifs is 1. The Balaban J connectivity index is 2.17. The predicted molar refractivity (Wildman–Crippen MR) is 86.1 cm³/mol. The molecule has 0 bridgehead atoms. The number of carbonyl (C=O) groups excluding carboxylic acids is 2. The van der Waals surface area contributed by atoms with Gasteiger partial charge in [-0.3, -0.25) is 9.48 Å². The predicted octanol–water partition coefficient (Wildman–Crippen LogP) is 2.16. The molecule has 128 valence electrons. The van der Waals surface area contributed by atoms with E-state index in [0.29, 0.717) is 25.3 Å². The molecule has 2 amide bonds. The van der Waals surface area contributed by atoms with Crippen LogP contribution in [0.5, 0.6) is 0 Å². The molecule has 0 radical (unpaired) electrons. The molecular weight excluding hydrogens is 296 g/mol. The highest BCUT2D eigenvalue weighted by Crippen LogP contribution is 2.17. The van der Waals surface area contributed by atoms with Crippen LogP contribution in [0.15, 0.2) is 6.07 Å². The maximum atomic E-state index is 12.3. The SMILES string of the molecule is CCNC(=O)c1cc2n(n1)CCCCN(C(=O)OC(C)(C)C)C2. The van der Waals surface area contributed by atoms with Crippen molar-refractivity contribution in [2.75, 3.05) is 13.1 Å². The second-order valence-electron chi connectivity index (χ2n) is 6.71. The standard InChI is InChI=1S/C16H26N4O3/c1-5-17-14(21)13-10-12-11-19(15(22)23-16(2,3)4)8-6-7-9-20(12)18-13/h10H,5-9,11H2,1-4H3,(H,17,21). The summed E-state index contributed by atoms with van der Waals surface area (Å²) >= 11 is 0. The van der Waals surface area contributed by atoms with Crippen molar-refractivity contribution >= 4 is 12.0 Å². The summed E-state index contributed by atoms with van der Waals surface area (Å²) in [6, 6.07) is 1.76. The Morgan fingerprint density at radius 3 is 2.65 bits per heavy atom. The third kappa shape index (κ3) is 4.71. The Bertz CT molecular complexity index is 574. The first-order chi connectivity index (χ1) is 10.8. The number of hydrogen-bond acceptors (Lipinski definition) is 4. The van der Waals surface area contributed by atoms with Gasteiger partial charge in [0.2, 0.25) is 0 Å². The summed E-state index contributed by atoms with van der Waals surface area (Å²) in [6.07, 6.45) is 1.46. The van der Waals surface area contributed by atoms with Gasteiger partial charge in [-0.05, 0) is 46.6 Å². The fourth-order valence-corrected chi connectivity index (χ4v) is 2.46. The van der Waals surface area contributed by atoms with Crippen molar-refractivity contribution < 1.29 is 14.3 Å². The number of aryl methyl sites for hydroxylation is 1. The largest absolute Gasteiger partial charge is 0.444 e. The van der Waals surface area contributed by atoms with Crippen LogP contribution in [0.3, 0.4) is 0 Å². The summed E-state index contributed by atoms with van der Waals surface area (Å²) in [4.78, 5) is 26.0. The lowest BCUT2D eigenvalue weighted by Gasteiger charge is -2.28. The summed E-state index contributed by atoms with van der Waals surface area (Å²) in [5.74, 6) is -0.185. The van der Waals surface area contributed by atoms with Crippen molar-refractivity contribution in [1.29, 1.82) is 0 Å². The first-order valence-corrected chi connectivity index (χ1v) is 8.13. The van der Waals surface area contributed by atoms with Crippen LogP contribution in [0.1, 0.15) is 56.7 Å². The van der Waals surface area contributed by atoms with E-state index in [0.717, 1.165) is 25.1 Å². The minimum Gasteiger partial charge on any atom is -0.444 e. The Morgan fingerprint density at radius 1 is 1.30 bits per heavy atom. The monoisotopic (exact) mass is 322 g/mol. The zero-order chi connectivity index (χ0) is 17.0. The molecule has 0 saturated heterocycles. The zero-order valence-electron chi connectivity index (χ0n) is 14.4. The van der Waals surface area contributed by atoms with Gasteiger partial charge in [-0.2, -0.15) is 5.10 Å². The number of hydrogen-bond donors (Lipinski definition) is 1. The molecule has 0 aliphatic carbocycles. The first kappa shape index (κ1) is 17.3. The van der Waals surface area contributed by atoms with Gasteiger partial charge in [0.1, 0.15) is 5.60 Å². The molecule has 0 fully saturated rings. The maximum Gasteiger partial charge on any atom is 0.410 e. The van der Waals surface area contributed by atoms with E-state index in [2.05, 4.69) is 10.4 Å². The van der Waals surface area contributed by atoms with Crippen LogP contribution in [-0.4, -0.2) is 45.4 Å². The average molecular weight is 322 g/mol. The van der Waals surface area contributed by atoms with E-state index in [1.54, 1.807) is 11.0 Å². The Labute approximate surface area is 137 Å². The molecule has 2 rings (SSSR count). The number of amides is 2. The van der Waals surface area contributed by atoms with Crippen molar-refractivity contribution in [3.05, 3.63) is 17.5 Å². The van der Waals surface area contributed by atoms with Crippen molar-refractivity contribution in [2.24, 2.45) is 0 Å². The maximum absolute atomic E-state index is 12.3.